The van der Waals surface area contributed by atoms with Crippen LogP contribution in [0.25, 0.3) is 0 Å². The van der Waals surface area contributed by atoms with Crippen LogP contribution in [0.4, 0.5) is 13.2 Å². The van der Waals surface area contributed by atoms with Gasteiger partial charge >= 0.3 is 21.6 Å². The summed E-state index contributed by atoms with van der Waals surface area (Å²) in [5.41, 5.74) is -5.58. The van der Waals surface area contributed by atoms with Gasteiger partial charge in [0, 0.05) is 12.6 Å². The van der Waals surface area contributed by atoms with E-state index >= 15 is 0 Å². The Hall–Kier alpha value is -1.78. The summed E-state index contributed by atoms with van der Waals surface area (Å²) in [4.78, 5) is 22.8. The lowest BCUT2D eigenvalue weighted by atomic mass is 9.88. The number of fused-ring (bicyclic) bond motifs is 1. The van der Waals surface area contributed by atoms with E-state index in [-0.39, 0.29) is 0 Å². The Morgan fingerprint density at radius 3 is 2.53 bits per heavy atom. The molecule has 0 aromatic heterocycles. The van der Waals surface area contributed by atoms with E-state index in [1.807, 2.05) is 0 Å². The second-order valence-corrected chi connectivity index (χ2v) is 5.45. The molecule has 11 heteroatoms. The molecule has 2 aliphatic rings. The number of carbonyl (C=O) groups excluding carboxylic acids is 1. The number of halogens is 3. The SMILES string of the molecule is O=C(O)C1C(=O)N2C=C(OS(=O)(=O)C(F)(F)F)C[C@@H]12. The van der Waals surface area contributed by atoms with Crippen molar-refractivity contribution >= 4 is 22.0 Å². The summed E-state index contributed by atoms with van der Waals surface area (Å²) >= 11 is 0. The lowest BCUT2D eigenvalue weighted by Crippen LogP contribution is -2.59. The third-order valence-corrected chi connectivity index (χ3v) is 3.72. The fraction of sp³-hybridized carbons (Fsp3) is 0.500. The summed E-state index contributed by atoms with van der Waals surface area (Å²) in [7, 11) is -5.81. The summed E-state index contributed by atoms with van der Waals surface area (Å²) in [6.45, 7) is 0. The predicted octanol–water partition coefficient (Wildman–Crippen LogP) is 0.00930. The molecule has 7 nitrogen and oxygen atoms in total. The molecule has 0 aromatic carbocycles. The molecule has 106 valence electrons. The van der Waals surface area contributed by atoms with Crippen LogP contribution in [0, 0.1) is 5.92 Å². The highest BCUT2D eigenvalue weighted by atomic mass is 32.2. The van der Waals surface area contributed by atoms with E-state index in [2.05, 4.69) is 4.18 Å². The molecule has 1 fully saturated rings. The number of nitrogens with zero attached hydrogens (tertiary/aromatic N) is 1. The smallest absolute Gasteiger partial charge is 0.481 e. The van der Waals surface area contributed by atoms with Crippen LogP contribution in [-0.2, 0) is 23.9 Å². The molecule has 1 unspecified atom stereocenters. The molecule has 1 saturated heterocycles. The van der Waals surface area contributed by atoms with Crippen LogP contribution in [0.15, 0.2) is 12.0 Å². The Kier molecular flexibility index (Phi) is 2.77. The van der Waals surface area contributed by atoms with Crippen molar-refractivity contribution in [3.05, 3.63) is 12.0 Å². The Morgan fingerprint density at radius 2 is 2.05 bits per heavy atom. The van der Waals surface area contributed by atoms with Gasteiger partial charge in [-0.05, 0) is 0 Å². The van der Waals surface area contributed by atoms with E-state index in [9.17, 15) is 31.2 Å². The van der Waals surface area contributed by atoms with Crippen LogP contribution in [-0.4, -0.2) is 41.9 Å². The molecule has 2 heterocycles. The van der Waals surface area contributed by atoms with Gasteiger partial charge < -0.3 is 14.2 Å². The van der Waals surface area contributed by atoms with E-state index in [1.54, 1.807) is 0 Å². The fourth-order valence-corrected chi connectivity index (χ4v) is 2.36. The van der Waals surface area contributed by atoms with Crippen LogP contribution >= 0.6 is 0 Å². The third kappa shape index (κ3) is 2.03. The summed E-state index contributed by atoms with van der Waals surface area (Å²) in [5, 5.41) is 8.69. The number of β-lactam (4-membered cyclic amide) rings is 1. The Labute approximate surface area is 104 Å². The van der Waals surface area contributed by atoms with E-state index in [0.717, 1.165) is 11.1 Å². The Bertz CT molecular complexity index is 580. The number of alkyl halides is 3. The standard InChI is InChI=1S/C8H6F3NO6S/c9-8(10,11)19(16,17)18-3-1-4-5(7(14)15)6(13)12(4)2-3/h2,4-5H,1H2,(H,14,15)/t4-,5?/m0/s1. The second kappa shape index (κ2) is 3.85. The van der Waals surface area contributed by atoms with Crippen LogP contribution in [0.2, 0.25) is 0 Å². The average Bonchev–Trinajstić information content (AvgIpc) is 2.54. The van der Waals surface area contributed by atoms with Crippen molar-refractivity contribution in [3.8, 4) is 0 Å². The molecule has 0 spiro atoms. The van der Waals surface area contributed by atoms with Gasteiger partial charge in [0.15, 0.2) is 5.92 Å². The molecular weight excluding hydrogens is 295 g/mol. The molecule has 0 bridgehead atoms. The third-order valence-electron chi connectivity index (χ3n) is 2.72. The van der Waals surface area contributed by atoms with Gasteiger partial charge in [-0.2, -0.15) is 21.6 Å². The van der Waals surface area contributed by atoms with Gasteiger partial charge in [-0.1, -0.05) is 0 Å². The molecule has 2 rings (SSSR count). The maximum absolute atomic E-state index is 12.1. The molecule has 0 aliphatic carbocycles. The van der Waals surface area contributed by atoms with Gasteiger partial charge in [0.05, 0.1) is 6.04 Å². The summed E-state index contributed by atoms with van der Waals surface area (Å²) in [6.07, 6.45) is 0.383. The van der Waals surface area contributed by atoms with Gasteiger partial charge in [0.2, 0.25) is 5.91 Å². The maximum Gasteiger partial charge on any atom is 0.534 e. The fourth-order valence-electron chi connectivity index (χ4n) is 1.87. The van der Waals surface area contributed by atoms with Crippen LogP contribution in [0.3, 0.4) is 0 Å². The number of carboxylic acid groups (broad SMARTS) is 1. The first-order valence-electron chi connectivity index (χ1n) is 4.81. The van der Waals surface area contributed by atoms with E-state index in [1.165, 1.54) is 0 Å². The molecule has 0 aromatic rings. The van der Waals surface area contributed by atoms with Crippen molar-refractivity contribution in [2.75, 3.05) is 0 Å². The van der Waals surface area contributed by atoms with Crippen molar-refractivity contribution in [1.29, 1.82) is 0 Å². The first-order valence-corrected chi connectivity index (χ1v) is 6.22. The highest BCUT2D eigenvalue weighted by Crippen LogP contribution is 2.39. The zero-order chi connectivity index (χ0) is 14.6. The van der Waals surface area contributed by atoms with Gasteiger partial charge in [0.25, 0.3) is 0 Å². The number of carbonyl (C=O) groups is 2. The molecule has 1 N–H and O–H groups in total. The lowest BCUT2D eigenvalue weighted by Gasteiger charge is -2.38. The van der Waals surface area contributed by atoms with Gasteiger partial charge in [-0.3, -0.25) is 9.59 Å². The van der Waals surface area contributed by atoms with Gasteiger partial charge in [-0.25, -0.2) is 0 Å². The number of aliphatic carboxylic acids is 1. The normalized spacial score (nSPS) is 26.6. The average molecular weight is 301 g/mol. The van der Waals surface area contributed by atoms with E-state index < -0.39 is 51.6 Å². The lowest BCUT2D eigenvalue weighted by molar-refractivity contribution is -0.164. The molecular formula is C8H6F3NO6S. The van der Waals surface area contributed by atoms with Crippen LogP contribution < -0.4 is 0 Å². The first kappa shape index (κ1) is 13.6. The van der Waals surface area contributed by atoms with Crippen molar-refractivity contribution in [1.82, 2.24) is 4.90 Å². The van der Waals surface area contributed by atoms with Crippen molar-refractivity contribution in [2.24, 2.45) is 5.92 Å². The maximum atomic E-state index is 12.1. The first-order chi connectivity index (χ1) is 8.54. The Morgan fingerprint density at radius 1 is 1.47 bits per heavy atom. The number of rotatable bonds is 3. The molecule has 19 heavy (non-hydrogen) atoms. The summed E-state index contributed by atoms with van der Waals surface area (Å²) in [6, 6.07) is -0.900. The molecule has 2 atom stereocenters. The topological polar surface area (TPSA) is 101 Å². The molecule has 1 amide bonds. The van der Waals surface area contributed by atoms with Crippen molar-refractivity contribution in [2.45, 2.75) is 18.0 Å². The van der Waals surface area contributed by atoms with Crippen molar-refractivity contribution < 1.29 is 40.5 Å². The second-order valence-electron chi connectivity index (χ2n) is 3.91. The minimum atomic E-state index is -5.81. The zero-order valence-corrected chi connectivity index (χ0v) is 9.73. The van der Waals surface area contributed by atoms with Gasteiger partial charge in [-0.15, -0.1) is 0 Å². The highest BCUT2D eigenvalue weighted by Gasteiger charge is 2.56. The number of hydrogen-bond acceptors (Lipinski definition) is 5. The predicted molar refractivity (Wildman–Crippen MR) is 50.5 cm³/mol. The molecule has 0 saturated carbocycles. The monoisotopic (exact) mass is 301 g/mol. The van der Waals surface area contributed by atoms with E-state index in [0.29, 0.717) is 0 Å². The number of hydrogen-bond donors (Lipinski definition) is 1. The largest absolute Gasteiger partial charge is 0.534 e. The minimum absolute atomic E-state index is 0.391. The molecule has 0 radical (unpaired) electrons. The van der Waals surface area contributed by atoms with Crippen LogP contribution in [0.5, 0.6) is 0 Å². The van der Waals surface area contributed by atoms with Crippen LogP contribution in [0.1, 0.15) is 6.42 Å². The summed E-state index contributed by atoms with van der Waals surface area (Å²) < 4.78 is 61.5. The zero-order valence-electron chi connectivity index (χ0n) is 8.92. The Balaban J connectivity index is 2.12. The van der Waals surface area contributed by atoms with Crippen molar-refractivity contribution in [3.63, 3.8) is 0 Å². The number of amides is 1. The van der Waals surface area contributed by atoms with E-state index in [4.69, 9.17) is 5.11 Å². The summed E-state index contributed by atoms with van der Waals surface area (Å²) in [5.74, 6) is -4.23. The van der Waals surface area contributed by atoms with Gasteiger partial charge in [0.1, 0.15) is 5.76 Å². The molecule has 2 aliphatic heterocycles. The minimum Gasteiger partial charge on any atom is -0.481 e. The highest BCUT2D eigenvalue weighted by molar-refractivity contribution is 7.87. The quantitative estimate of drug-likeness (QED) is 0.341. The number of carboxylic acids is 1.